The first-order chi connectivity index (χ1) is 7.24. The molecule has 1 rings (SSSR count). The molecular weight excluding hydrogens is 184 g/mol. The first kappa shape index (κ1) is 12.3. The Balaban J connectivity index is 2.16. The summed E-state index contributed by atoms with van der Waals surface area (Å²) in [5.41, 5.74) is 1.12. The molecule has 0 amide bonds. The first-order valence-corrected chi connectivity index (χ1v) is 6.24. The zero-order valence-corrected chi connectivity index (χ0v) is 10.4. The van der Waals surface area contributed by atoms with Crippen molar-refractivity contribution in [3.63, 3.8) is 0 Å². The highest BCUT2D eigenvalue weighted by Crippen LogP contribution is 2.16. The second kappa shape index (κ2) is 6.65. The number of hydrogen-bond acceptors (Lipinski definition) is 1. The van der Waals surface area contributed by atoms with Gasteiger partial charge in [-0.15, -0.1) is 0 Å². The average molecular weight is 208 g/mol. The van der Waals surface area contributed by atoms with Gasteiger partial charge >= 0.3 is 0 Å². The Morgan fingerprint density at radius 2 is 2.00 bits per heavy atom. The van der Waals surface area contributed by atoms with E-state index in [1.54, 1.807) is 0 Å². The Labute approximate surface area is 93.7 Å². The number of rotatable bonds is 7. The summed E-state index contributed by atoms with van der Waals surface area (Å²) in [6.45, 7) is 6.59. The summed E-state index contributed by atoms with van der Waals surface area (Å²) in [5.74, 6) is 0. The molecule has 1 unspecified atom stereocenters. The first-order valence-electron chi connectivity index (χ1n) is 6.24. The number of unbranched alkanes of at least 4 members (excludes halogenated alkanes) is 4. The third kappa shape index (κ3) is 4.50. The molecule has 15 heavy (non-hydrogen) atoms. The third-order valence-corrected chi connectivity index (χ3v) is 2.97. The normalized spacial score (nSPS) is 13.0. The van der Waals surface area contributed by atoms with E-state index in [2.05, 4.69) is 29.6 Å². The van der Waals surface area contributed by atoms with Crippen LogP contribution in [-0.2, 0) is 0 Å². The van der Waals surface area contributed by atoms with E-state index in [1.165, 1.54) is 38.5 Å². The van der Waals surface area contributed by atoms with E-state index in [0.29, 0.717) is 6.04 Å². The van der Waals surface area contributed by atoms with Crippen LogP contribution in [0.15, 0.2) is 12.5 Å². The highest BCUT2D eigenvalue weighted by molar-refractivity contribution is 4.93. The highest BCUT2D eigenvalue weighted by Gasteiger charge is 2.03. The van der Waals surface area contributed by atoms with Crippen molar-refractivity contribution in [2.24, 2.45) is 0 Å². The molecule has 1 heterocycles. The Kier molecular flexibility index (Phi) is 5.44. The molecule has 1 aromatic rings. The van der Waals surface area contributed by atoms with Crippen molar-refractivity contribution < 1.29 is 0 Å². The summed E-state index contributed by atoms with van der Waals surface area (Å²) in [6, 6.07) is 0.604. The predicted molar refractivity (Wildman–Crippen MR) is 65.1 cm³/mol. The molecule has 0 saturated carbocycles. The minimum atomic E-state index is 0.604. The maximum Gasteiger partial charge on any atom is 0.0951 e. The summed E-state index contributed by atoms with van der Waals surface area (Å²) >= 11 is 0. The van der Waals surface area contributed by atoms with Gasteiger partial charge in [0.1, 0.15) is 0 Å². The van der Waals surface area contributed by atoms with Gasteiger partial charge < -0.3 is 4.57 Å². The highest BCUT2D eigenvalue weighted by atomic mass is 15.1. The molecule has 0 aliphatic heterocycles. The Hall–Kier alpha value is -0.790. The number of aryl methyl sites for hydroxylation is 1. The van der Waals surface area contributed by atoms with Crippen LogP contribution in [0.1, 0.15) is 64.1 Å². The molecule has 0 saturated heterocycles. The van der Waals surface area contributed by atoms with Gasteiger partial charge in [0.25, 0.3) is 0 Å². The lowest BCUT2D eigenvalue weighted by Crippen LogP contribution is -2.02. The number of imidazole rings is 1. The Morgan fingerprint density at radius 3 is 2.60 bits per heavy atom. The molecule has 0 spiro atoms. The summed E-state index contributed by atoms with van der Waals surface area (Å²) in [5, 5.41) is 0. The van der Waals surface area contributed by atoms with Gasteiger partial charge in [-0.3, -0.25) is 0 Å². The molecule has 1 aromatic heterocycles. The monoisotopic (exact) mass is 208 g/mol. The standard InChI is InChI=1S/C13H24N2/c1-4-5-6-7-8-9-13(3)15-10-12(2)14-11-15/h10-11,13H,4-9H2,1-3H3. The minimum Gasteiger partial charge on any atom is -0.334 e. The van der Waals surface area contributed by atoms with E-state index in [0.717, 1.165) is 5.69 Å². The van der Waals surface area contributed by atoms with Crippen molar-refractivity contribution in [3.05, 3.63) is 18.2 Å². The smallest absolute Gasteiger partial charge is 0.0951 e. The van der Waals surface area contributed by atoms with E-state index in [1.807, 2.05) is 13.3 Å². The molecule has 0 radical (unpaired) electrons. The fourth-order valence-electron chi connectivity index (χ4n) is 1.87. The van der Waals surface area contributed by atoms with Gasteiger partial charge in [0.2, 0.25) is 0 Å². The topological polar surface area (TPSA) is 17.8 Å². The molecule has 0 fully saturated rings. The van der Waals surface area contributed by atoms with Crippen LogP contribution in [0.3, 0.4) is 0 Å². The zero-order chi connectivity index (χ0) is 11.1. The summed E-state index contributed by atoms with van der Waals surface area (Å²) < 4.78 is 2.23. The van der Waals surface area contributed by atoms with Crippen LogP contribution in [0.4, 0.5) is 0 Å². The second-order valence-electron chi connectivity index (χ2n) is 4.51. The van der Waals surface area contributed by atoms with Crippen LogP contribution in [0.5, 0.6) is 0 Å². The van der Waals surface area contributed by atoms with Crippen LogP contribution < -0.4 is 0 Å². The number of aromatic nitrogens is 2. The molecule has 2 heteroatoms. The zero-order valence-electron chi connectivity index (χ0n) is 10.4. The van der Waals surface area contributed by atoms with E-state index in [-0.39, 0.29) is 0 Å². The van der Waals surface area contributed by atoms with Crippen LogP contribution in [-0.4, -0.2) is 9.55 Å². The van der Waals surface area contributed by atoms with E-state index in [9.17, 15) is 0 Å². The van der Waals surface area contributed by atoms with Crippen molar-refractivity contribution in [2.75, 3.05) is 0 Å². The summed E-state index contributed by atoms with van der Waals surface area (Å²) in [4.78, 5) is 4.26. The maximum atomic E-state index is 4.26. The van der Waals surface area contributed by atoms with Gasteiger partial charge in [-0.05, 0) is 20.3 Å². The molecule has 2 nitrogen and oxygen atoms in total. The number of nitrogens with zero attached hydrogens (tertiary/aromatic N) is 2. The summed E-state index contributed by atoms with van der Waals surface area (Å²) in [6.07, 6.45) is 12.2. The van der Waals surface area contributed by atoms with Gasteiger partial charge in [-0.2, -0.15) is 0 Å². The maximum absolute atomic E-state index is 4.26. The van der Waals surface area contributed by atoms with Crippen molar-refractivity contribution >= 4 is 0 Å². The van der Waals surface area contributed by atoms with Crippen molar-refractivity contribution in [1.82, 2.24) is 9.55 Å². The molecule has 1 atom stereocenters. The van der Waals surface area contributed by atoms with Gasteiger partial charge in [-0.1, -0.05) is 39.0 Å². The van der Waals surface area contributed by atoms with Crippen LogP contribution in [0.25, 0.3) is 0 Å². The second-order valence-corrected chi connectivity index (χ2v) is 4.51. The van der Waals surface area contributed by atoms with Gasteiger partial charge in [0, 0.05) is 12.2 Å². The summed E-state index contributed by atoms with van der Waals surface area (Å²) in [7, 11) is 0. The van der Waals surface area contributed by atoms with Crippen molar-refractivity contribution in [1.29, 1.82) is 0 Å². The Bertz CT molecular complexity index is 265. The van der Waals surface area contributed by atoms with Gasteiger partial charge in [0.05, 0.1) is 12.0 Å². The Morgan fingerprint density at radius 1 is 1.27 bits per heavy atom. The number of hydrogen-bond donors (Lipinski definition) is 0. The van der Waals surface area contributed by atoms with E-state index >= 15 is 0 Å². The van der Waals surface area contributed by atoms with Crippen LogP contribution in [0, 0.1) is 6.92 Å². The van der Waals surface area contributed by atoms with Crippen LogP contribution >= 0.6 is 0 Å². The molecule has 0 aliphatic carbocycles. The van der Waals surface area contributed by atoms with Crippen LogP contribution in [0.2, 0.25) is 0 Å². The largest absolute Gasteiger partial charge is 0.334 e. The third-order valence-electron chi connectivity index (χ3n) is 2.97. The fraction of sp³-hybridized carbons (Fsp3) is 0.769. The van der Waals surface area contributed by atoms with Gasteiger partial charge in [0.15, 0.2) is 0 Å². The lowest BCUT2D eigenvalue weighted by molar-refractivity contribution is 0.469. The molecule has 0 bridgehead atoms. The molecular formula is C13H24N2. The lowest BCUT2D eigenvalue weighted by Gasteiger charge is -2.12. The molecule has 0 aliphatic rings. The SMILES string of the molecule is CCCCCCCC(C)n1cnc(C)c1. The van der Waals surface area contributed by atoms with Crippen molar-refractivity contribution in [2.45, 2.75) is 65.3 Å². The lowest BCUT2D eigenvalue weighted by atomic mass is 10.1. The molecule has 86 valence electrons. The molecule has 0 aromatic carbocycles. The van der Waals surface area contributed by atoms with Crippen molar-refractivity contribution in [3.8, 4) is 0 Å². The van der Waals surface area contributed by atoms with E-state index < -0.39 is 0 Å². The predicted octanol–water partition coefficient (Wildman–Crippen LogP) is 4.11. The van der Waals surface area contributed by atoms with E-state index in [4.69, 9.17) is 0 Å². The molecule has 0 N–H and O–H groups in total. The quantitative estimate of drug-likeness (QED) is 0.616. The fourth-order valence-corrected chi connectivity index (χ4v) is 1.87. The minimum absolute atomic E-state index is 0.604. The average Bonchev–Trinajstić information content (AvgIpc) is 2.64. The van der Waals surface area contributed by atoms with Gasteiger partial charge in [-0.25, -0.2) is 4.98 Å².